The Labute approximate surface area is 152 Å². The van der Waals surface area contributed by atoms with Crippen LogP contribution in [-0.2, 0) is 9.53 Å². The Morgan fingerprint density at radius 1 is 0.962 bits per heavy atom. The molecule has 0 spiro atoms. The number of nitrogens with one attached hydrogen (secondary N) is 1. The first-order chi connectivity index (χ1) is 12.7. The van der Waals surface area contributed by atoms with Crippen molar-refractivity contribution in [2.75, 3.05) is 26.4 Å². The summed E-state index contributed by atoms with van der Waals surface area (Å²) in [5.41, 5.74) is 0.253. The zero-order valence-electron chi connectivity index (χ0n) is 14.4. The maximum Gasteiger partial charge on any atom is 0.342 e. The Kier molecular flexibility index (Phi) is 7.74. The summed E-state index contributed by atoms with van der Waals surface area (Å²) in [6.45, 7) is 4.04. The molecule has 6 nitrogen and oxygen atoms in total. The van der Waals surface area contributed by atoms with E-state index in [9.17, 15) is 9.59 Å². The van der Waals surface area contributed by atoms with Gasteiger partial charge in [-0.1, -0.05) is 36.4 Å². The van der Waals surface area contributed by atoms with Gasteiger partial charge >= 0.3 is 5.97 Å². The predicted molar refractivity (Wildman–Crippen MR) is 97.4 cm³/mol. The average molecular weight is 355 g/mol. The molecule has 1 amide bonds. The monoisotopic (exact) mass is 355 g/mol. The maximum atomic E-state index is 12.2. The van der Waals surface area contributed by atoms with Crippen molar-refractivity contribution in [2.24, 2.45) is 0 Å². The Balaban J connectivity index is 1.83. The van der Waals surface area contributed by atoms with Crippen LogP contribution in [0.15, 0.2) is 67.3 Å². The lowest BCUT2D eigenvalue weighted by molar-refractivity contribution is -0.124. The molecule has 2 aromatic carbocycles. The fraction of sp³-hybridized carbons (Fsp3) is 0.200. The van der Waals surface area contributed by atoms with Gasteiger partial charge in [-0.25, -0.2) is 4.79 Å². The number of rotatable bonds is 10. The highest BCUT2D eigenvalue weighted by Gasteiger charge is 2.15. The number of hydrogen-bond acceptors (Lipinski definition) is 5. The van der Waals surface area contributed by atoms with Gasteiger partial charge in [0, 0.05) is 6.54 Å². The van der Waals surface area contributed by atoms with E-state index >= 15 is 0 Å². The molecule has 0 heterocycles. The maximum absolute atomic E-state index is 12.2. The fourth-order valence-electron chi connectivity index (χ4n) is 2.03. The molecule has 0 aliphatic heterocycles. The van der Waals surface area contributed by atoms with Crippen molar-refractivity contribution in [3.63, 3.8) is 0 Å². The van der Waals surface area contributed by atoms with Crippen molar-refractivity contribution >= 4 is 11.9 Å². The van der Waals surface area contributed by atoms with Gasteiger partial charge in [0.15, 0.2) is 6.61 Å². The topological polar surface area (TPSA) is 73.9 Å². The summed E-state index contributed by atoms with van der Waals surface area (Å²) in [5, 5.41) is 2.53. The zero-order valence-corrected chi connectivity index (χ0v) is 14.4. The van der Waals surface area contributed by atoms with Crippen LogP contribution in [0, 0.1) is 0 Å². The second-order valence-corrected chi connectivity index (χ2v) is 5.18. The molecule has 6 heteroatoms. The zero-order chi connectivity index (χ0) is 18.6. The quantitative estimate of drug-likeness (QED) is 0.403. The normalized spacial score (nSPS) is 9.85. The van der Waals surface area contributed by atoms with Gasteiger partial charge in [0.1, 0.15) is 30.3 Å². The van der Waals surface area contributed by atoms with Crippen molar-refractivity contribution in [3.05, 3.63) is 72.8 Å². The standard InChI is InChI=1S/C20H21NO5/c1-2-12-21-19(22)15-26-20(23)17-10-6-7-11-18(17)25-14-13-24-16-8-4-3-5-9-16/h2-11H,1,12-15H2,(H,21,22). The van der Waals surface area contributed by atoms with Crippen molar-refractivity contribution in [3.8, 4) is 11.5 Å². The third kappa shape index (κ3) is 6.32. The number of benzene rings is 2. The van der Waals surface area contributed by atoms with Crippen molar-refractivity contribution < 1.29 is 23.8 Å². The number of para-hydroxylation sites is 2. The molecule has 2 aromatic rings. The lowest BCUT2D eigenvalue weighted by Crippen LogP contribution is -2.28. The predicted octanol–water partition coefficient (Wildman–Crippen LogP) is 2.60. The van der Waals surface area contributed by atoms with E-state index in [0.717, 1.165) is 5.75 Å². The SMILES string of the molecule is C=CCNC(=O)COC(=O)c1ccccc1OCCOc1ccccc1. The van der Waals surface area contributed by atoms with Crippen LogP contribution < -0.4 is 14.8 Å². The second kappa shape index (κ2) is 10.6. The van der Waals surface area contributed by atoms with E-state index in [1.165, 1.54) is 0 Å². The Morgan fingerprint density at radius 2 is 1.65 bits per heavy atom. The minimum atomic E-state index is -0.627. The molecule has 0 aromatic heterocycles. The lowest BCUT2D eigenvalue weighted by atomic mass is 10.2. The van der Waals surface area contributed by atoms with Crippen LogP contribution in [0.25, 0.3) is 0 Å². The van der Waals surface area contributed by atoms with Crippen LogP contribution in [-0.4, -0.2) is 38.2 Å². The molecule has 0 bridgehead atoms. The number of carbonyl (C=O) groups excluding carboxylic acids is 2. The molecule has 0 aliphatic rings. The van der Waals surface area contributed by atoms with Crippen LogP contribution in [0.3, 0.4) is 0 Å². The number of carbonyl (C=O) groups is 2. The van der Waals surface area contributed by atoms with Crippen LogP contribution >= 0.6 is 0 Å². The first kappa shape index (κ1) is 19.1. The van der Waals surface area contributed by atoms with E-state index < -0.39 is 11.9 Å². The summed E-state index contributed by atoms with van der Waals surface area (Å²) < 4.78 is 16.2. The van der Waals surface area contributed by atoms with E-state index in [4.69, 9.17) is 14.2 Å². The molecule has 0 fully saturated rings. The fourth-order valence-corrected chi connectivity index (χ4v) is 2.03. The van der Waals surface area contributed by atoms with Crippen molar-refractivity contribution in [1.29, 1.82) is 0 Å². The number of esters is 1. The summed E-state index contributed by atoms with van der Waals surface area (Å²) >= 11 is 0. The van der Waals surface area contributed by atoms with Crippen molar-refractivity contribution in [2.45, 2.75) is 0 Å². The summed E-state index contributed by atoms with van der Waals surface area (Å²) in [6.07, 6.45) is 1.54. The molecule has 0 saturated heterocycles. The van der Waals surface area contributed by atoms with Gasteiger partial charge in [-0.05, 0) is 24.3 Å². The smallest absolute Gasteiger partial charge is 0.342 e. The Morgan fingerprint density at radius 3 is 2.42 bits per heavy atom. The third-order valence-electron chi connectivity index (χ3n) is 3.24. The lowest BCUT2D eigenvalue weighted by Gasteiger charge is -2.12. The molecule has 1 N–H and O–H groups in total. The minimum Gasteiger partial charge on any atom is -0.490 e. The highest BCUT2D eigenvalue weighted by atomic mass is 16.5. The first-order valence-electron chi connectivity index (χ1n) is 8.15. The van der Waals surface area contributed by atoms with Gasteiger partial charge in [0.05, 0.1) is 0 Å². The molecule has 2 rings (SSSR count). The minimum absolute atomic E-state index is 0.253. The molecule has 0 atom stereocenters. The number of hydrogen-bond donors (Lipinski definition) is 1. The van der Waals surface area contributed by atoms with E-state index in [-0.39, 0.29) is 18.8 Å². The van der Waals surface area contributed by atoms with E-state index in [1.807, 2.05) is 30.3 Å². The van der Waals surface area contributed by atoms with Crippen LogP contribution in [0.5, 0.6) is 11.5 Å². The van der Waals surface area contributed by atoms with Crippen LogP contribution in [0.4, 0.5) is 0 Å². The average Bonchev–Trinajstić information content (AvgIpc) is 2.69. The first-order valence-corrected chi connectivity index (χ1v) is 8.15. The molecule has 0 saturated carbocycles. The number of ether oxygens (including phenoxy) is 3. The van der Waals surface area contributed by atoms with Gasteiger partial charge in [0.2, 0.25) is 0 Å². The van der Waals surface area contributed by atoms with Gasteiger partial charge in [0.25, 0.3) is 5.91 Å². The molecule has 0 unspecified atom stereocenters. The van der Waals surface area contributed by atoms with E-state index in [0.29, 0.717) is 18.9 Å². The molecule has 26 heavy (non-hydrogen) atoms. The second-order valence-electron chi connectivity index (χ2n) is 5.18. The Hall–Kier alpha value is -3.28. The summed E-state index contributed by atoms with van der Waals surface area (Å²) in [4.78, 5) is 23.6. The number of amides is 1. The van der Waals surface area contributed by atoms with E-state index in [1.54, 1.807) is 30.3 Å². The molecular formula is C20H21NO5. The largest absolute Gasteiger partial charge is 0.490 e. The summed E-state index contributed by atoms with van der Waals surface area (Å²) in [7, 11) is 0. The Bertz CT molecular complexity index is 730. The van der Waals surface area contributed by atoms with Crippen LogP contribution in [0.1, 0.15) is 10.4 Å². The van der Waals surface area contributed by atoms with Crippen molar-refractivity contribution in [1.82, 2.24) is 5.32 Å². The van der Waals surface area contributed by atoms with Gasteiger partial charge in [-0.15, -0.1) is 6.58 Å². The molecular weight excluding hydrogens is 334 g/mol. The summed E-state index contributed by atoms with van der Waals surface area (Å²) in [6, 6.07) is 16.1. The van der Waals surface area contributed by atoms with Gasteiger partial charge in [-0.3, -0.25) is 4.79 Å². The molecule has 0 aliphatic carbocycles. The third-order valence-corrected chi connectivity index (χ3v) is 3.24. The van der Waals surface area contributed by atoms with E-state index in [2.05, 4.69) is 11.9 Å². The molecule has 136 valence electrons. The van der Waals surface area contributed by atoms with Gasteiger partial charge in [-0.2, -0.15) is 0 Å². The highest BCUT2D eigenvalue weighted by molar-refractivity contribution is 5.93. The van der Waals surface area contributed by atoms with Gasteiger partial charge < -0.3 is 19.5 Å². The molecule has 0 radical (unpaired) electrons. The highest BCUT2D eigenvalue weighted by Crippen LogP contribution is 2.19. The van der Waals surface area contributed by atoms with Crippen LogP contribution in [0.2, 0.25) is 0 Å². The summed E-state index contributed by atoms with van der Waals surface area (Å²) in [5.74, 6) is 0.0984.